The molecule has 3 N–H and O–H groups in total. The Morgan fingerprint density at radius 2 is 1.95 bits per heavy atom. The van der Waals surface area contributed by atoms with E-state index in [1.807, 2.05) is 30.3 Å². The van der Waals surface area contributed by atoms with E-state index in [4.69, 9.17) is 22.2 Å². The fourth-order valence-corrected chi connectivity index (χ4v) is 1.62. The Morgan fingerprint density at radius 3 is 2.63 bits per heavy atom. The van der Waals surface area contributed by atoms with Crippen molar-refractivity contribution in [1.29, 1.82) is 0 Å². The lowest BCUT2D eigenvalue weighted by Crippen LogP contribution is -2.23. The molecule has 0 aliphatic rings. The van der Waals surface area contributed by atoms with Crippen molar-refractivity contribution in [2.24, 2.45) is 0 Å². The molecule has 2 rings (SSSR count). The minimum atomic E-state index is -0.362. The average molecular weight is 277 g/mol. The first-order chi connectivity index (χ1) is 9.16. The molecule has 98 valence electrons. The van der Waals surface area contributed by atoms with Crippen molar-refractivity contribution in [3.05, 3.63) is 64.7 Å². The fraction of sp³-hybridized carbons (Fsp3) is 0.0714. The van der Waals surface area contributed by atoms with E-state index in [2.05, 4.69) is 5.48 Å². The van der Waals surface area contributed by atoms with Crippen LogP contribution in [0.2, 0.25) is 5.02 Å². The smallest absolute Gasteiger partial charge is 0.274 e. The van der Waals surface area contributed by atoms with Crippen molar-refractivity contribution in [2.75, 3.05) is 5.73 Å². The number of nitrogens with one attached hydrogen (secondary N) is 1. The van der Waals surface area contributed by atoms with E-state index in [-0.39, 0.29) is 5.91 Å². The van der Waals surface area contributed by atoms with Crippen molar-refractivity contribution in [2.45, 2.75) is 6.61 Å². The molecule has 0 radical (unpaired) electrons. The Morgan fingerprint density at radius 1 is 1.21 bits per heavy atom. The first-order valence-electron chi connectivity index (χ1n) is 5.68. The molecule has 5 heteroatoms. The molecule has 4 nitrogen and oxygen atoms in total. The predicted molar refractivity (Wildman–Crippen MR) is 74.6 cm³/mol. The topological polar surface area (TPSA) is 64.4 Å². The van der Waals surface area contributed by atoms with Crippen LogP contribution in [-0.2, 0) is 11.4 Å². The summed E-state index contributed by atoms with van der Waals surface area (Å²) in [6.07, 6.45) is 0. The summed E-state index contributed by atoms with van der Waals surface area (Å²) in [5, 5.41) is 0.418. The molecule has 0 bridgehead atoms. The highest BCUT2D eigenvalue weighted by Crippen LogP contribution is 2.19. The first-order valence-corrected chi connectivity index (χ1v) is 6.05. The van der Waals surface area contributed by atoms with Gasteiger partial charge in [-0.05, 0) is 23.8 Å². The fourth-order valence-electron chi connectivity index (χ4n) is 1.50. The Hall–Kier alpha value is -2.04. The van der Waals surface area contributed by atoms with Crippen LogP contribution in [0.5, 0.6) is 0 Å². The van der Waals surface area contributed by atoms with Gasteiger partial charge in [-0.1, -0.05) is 41.9 Å². The maximum atomic E-state index is 11.8. The second kappa shape index (κ2) is 6.22. The van der Waals surface area contributed by atoms with Gasteiger partial charge in [-0.25, -0.2) is 5.48 Å². The quantitative estimate of drug-likeness (QED) is 0.667. The van der Waals surface area contributed by atoms with Crippen LogP contribution < -0.4 is 11.2 Å². The molecule has 0 aliphatic carbocycles. The molecule has 19 heavy (non-hydrogen) atoms. The van der Waals surface area contributed by atoms with Crippen molar-refractivity contribution in [1.82, 2.24) is 5.48 Å². The van der Waals surface area contributed by atoms with Crippen LogP contribution in [0.15, 0.2) is 48.5 Å². The number of carbonyl (C=O) groups excluding carboxylic acids is 1. The summed E-state index contributed by atoms with van der Waals surface area (Å²) >= 11 is 5.78. The predicted octanol–water partition coefficient (Wildman–Crippen LogP) is 2.78. The number of halogens is 1. The van der Waals surface area contributed by atoms with E-state index in [1.165, 1.54) is 6.07 Å². The van der Waals surface area contributed by atoms with E-state index in [0.717, 1.165) is 5.56 Å². The Labute approximate surface area is 116 Å². The number of anilines is 1. The zero-order valence-corrected chi connectivity index (χ0v) is 10.9. The third-order valence-electron chi connectivity index (χ3n) is 2.50. The summed E-state index contributed by atoms with van der Waals surface area (Å²) in [5.41, 5.74) is 9.71. The van der Waals surface area contributed by atoms with Crippen LogP contribution in [0, 0.1) is 0 Å². The van der Waals surface area contributed by atoms with Crippen LogP contribution >= 0.6 is 11.6 Å². The number of rotatable bonds is 4. The van der Waals surface area contributed by atoms with E-state index in [9.17, 15) is 4.79 Å². The van der Waals surface area contributed by atoms with Gasteiger partial charge in [0.25, 0.3) is 5.91 Å². The molecule has 0 atom stereocenters. The number of nitrogens with two attached hydrogens (primary N) is 1. The third-order valence-corrected chi connectivity index (χ3v) is 2.85. The number of hydrogen-bond acceptors (Lipinski definition) is 3. The highest BCUT2D eigenvalue weighted by atomic mass is 35.5. The van der Waals surface area contributed by atoms with Gasteiger partial charge < -0.3 is 5.73 Å². The summed E-state index contributed by atoms with van der Waals surface area (Å²) in [6, 6.07) is 14.2. The van der Waals surface area contributed by atoms with Gasteiger partial charge >= 0.3 is 0 Å². The van der Waals surface area contributed by atoms with Gasteiger partial charge in [-0.2, -0.15) is 0 Å². The zero-order chi connectivity index (χ0) is 13.7. The van der Waals surface area contributed by atoms with Crippen LogP contribution in [0.1, 0.15) is 15.9 Å². The summed E-state index contributed by atoms with van der Waals surface area (Å²) in [6.45, 7) is 0.301. The van der Waals surface area contributed by atoms with Gasteiger partial charge in [0.05, 0.1) is 17.3 Å². The number of nitrogen functional groups attached to an aromatic ring is 1. The maximum Gasteiger partial charge on any atom is 0.274 e. The third kappa shape index (κ3) is 3.71. The molecular weight excluding hydrogens is 264 g/mol. The van der Waals surface area contributed by atoms with Gasteiger partial charge in [-0.15, -0.1) is 0 Å². The van der Waals surface area contributed by atoms with Crippen molar-refractivity contribution >= 4 is 23.2 Å². The second-order valence-corrected chi connectivity index (χ2v) is 4.35. The highest BCUT2D eigenvalue weighted by Gasteiger charge is 2.07. The van der Waals surface area contributed by atoms with Crippen molar-refractivity contribution < 1.29 is 9.63 Å². The molecule has 0 unspecified atom stereocenters. The molecule has 0 fully saturated rings. The van der Waals surface area contributed by atoms with E-state index in [1.54, 1.807) is 12.1 Å². The van der Waals surface area contributed by atoms with Crippen molar-refractivity contribution in [3.8, 4) is 0 Å². The highest BCUT2D eigenvalue weighted by molar-refractivity contribution is 6.33. The first kappa shape index (κ1) is 13.4. The van der Waals surface area contributed by atoms with E-state index in [0.29, 0.717) is 22.9 Å². The number of benzene rings is 2. The summed E-state index contributed by atoms with van der Waals surface area (Å²) in [4.78, 5) is 16.9. The summed E-state index contributed by atoms with van der Waals surface area (Å²) in [7, 11) is 0. The molecule has 1 amide bonds. The van der Waals surface area contributed by atoms with Gasteiger partial charge in [-0.3, -0.25) is 9.63 Å². The molecule has 0 saturated carbocycles. The van der Waals surface area contributed by atoms with Gasteiger partial charge in [0, 0.05) is 5.56 Å². The zero-order valence-electron chi connectivity index (χ0n) is 10.1. The van der Waals surface area contributed by atoms with Crippen LogP contribution in [0.4, 0.5) is 5.69 Å². The van der Waals surface area contributed by atoms with Crippen LogP contribution in [0.3, 0.4) is 0 Å². The summed E-state index contributed by atoms with van der Waals surface area (Å²) < 4.78 is 0. The lowest BCUT2D eigenvalue weighted by Gasteiger charge is -2.07. The van der Waals surface area contributed by atoms with Crippen LogP contribution in [-0.4, -0.2) is 5.91 Å². The minimum absolute atomic E-state index is 0.301. The van der Waals surface area contributed by atoms with Gasteiger partial charge in [0.1, 0.15) is 0 Å². The van der Waals surface area contributed by atoms with Crippen molar-refractivity contribution in [3.63, 3.8) is 0 Å². The maximum absolute atomic E-state index is 11.8. The Bertz CT molecular complexity index is 573. The lowest BCUT2D eigenvalue weighted by molar-refractivity contribution is 0.0233. The Kier molecular flexibility index (Phi) is 4.39. The molecule has 0 heterocycles. The van der Waals surface area contributed by atoms with Gasteiger partial charge in [0.2, 0.25) is 0 Å². The van der Waals surface area contributed by atoms with E-state index < -0.39 is 0 Å². The summed E-state index contributed by atoms with van der Waals surface area (Å²) in [5.74, 6) is -0.362. The second-order valence-electron chi connectivity index (χ2n) is 3.94. The normalized spacial score (nSPS) is 10.2. The number of amides is 1. The number of hydrogen-bond donors (Lipinski definition) is 2. The largest absolute Gasteiger partial charge is 0.398 e. The monoisotopic (exact) mass is 276 g/mol. The van der Waals surface area contributed by atoms with Crippen LogP contribution in [0.25, 0.3) is 0 Å². The molecular formula is C14H13ClN2O2. The lowest BCUT2D eigenvalue weighted by atomic mass is 10.2. The molecule has 0 aromatic heterocycles. The molecule has 0 spiro atoms. The molecule has 2 aromatic rings. The molecule has 0 saturated heterocycles. The molecule has 2 aromatic carbocycles. The Balaban J connectivity index is 1.89. The van der Waals surface area contributed by atoms with E-state index >= 15 is 0 Å². The number of hydroxylamine groups is 1. The average Bonchev–Trinajstić information content (AvgIpc) is 2.43. The number of carbonyl (C=O) groups is 1. The molecule has 0 aliphatic heterocycles. The SMILES string of the molecule is Nc1cc(C(=O)NOCc2ccccc2)ccc1Cl. The minimum Gasteiger partial charge on any atom is -0.398 e. The van der Waals surface area contributed by atoms with Gasteiger partial charge in [0.15, 0.2) is 0 Å². The standard InChI is InChI=1S/C14H13ClN2O2/c15-12-7-6-11(8-13(12)16)14(18)17-19-9-10-4-2-1-3-5-10/h1-8H,9,16H2,(H,17,18).